The predicted molar refractivity (Wildman–Crippen MR) is 155 cm³/mol. The van der Waals surface area contributed by atoms with Gasteiger partial charge >= 0.3 is 0 Å². The van der Waals surface area contributed by atoms with Crippen LogP contribution in [0, 0.1) is 5.82 Å². The standard InChI is InChI=1S/C29H33BrFN3O4S/c1-4-21(2)32-29(36)27(17-22-9-6-5-7-10-22)33(19-23-13-15-25(31)16-14-23)28(35)20-34(39(3,37)38)26-12-8-11-24(30)18-26/h5-16,18,21,27H,4,17,19-20H2,1-3H3,(H,32,36)/t21-,27+/m0/s1. The molecule has 3 aromatic rings. The normalized spacial score (nSPS) is 12.8. The first-order valence-electron chi connectivity index (χ1n) is 12.6. The Hall–Kier alpha value is -3.24. The van der Waals surface area contributed by atoms with Gasteiger partial charge in [0.1, 0.15) is 18.4 Å². The fraction of sp³-hybridized carbons (Fsp3) is 0.310. The van der Waals surface area contributed by atoms with E-state index in [4.69, 9.17) is 0 Å². The summed E-state index contributed by atoms with van der Waals surface area (Å²) in [4.78, 5) is 29.0. The van der Waals surface area contributed by atoms with Gasteiger partial charge in [-0.15, -0.1) is 0 Å². The smallest absolute Gasteiger partial charge is 0.244 e. The molecule has 3 aromatic carbocycles. The molecule has 3 rings (SSSR count). The number of benzene rings is 3. The van der Waals surface area contributed by atoms with E-state index in [9.17, 15) is 22.4 Å². The minimum Gasteiger partial charge on any atom is -0.352 e. The number of sulfonamides is 1. The van der Waals surface area contributed by atoms with Crippen LogP contribution >= 0.6 is 15.9 Å². The maximum atomic E-state index is 14.0. The van der Waals surface area contributed by atoms with E-state index in [2.05, 4.69) is 21.2 Å². The van der Waals surface area contributed by atoms with E-state index >= 15 is 0 Å². The maximum absolute atomic E-state index is 14.0. The Morgan fingerprint density at radius 1 is 0.974 bits per heavy atom. The molecule has 0 bridgehead atoms. The van der Waals surface area contributed by atoms with Crippen molar-refractivity contribution >= 4 is 43.5 Å². The Kier molecular flexibility index (Phi) is 10.7. The molecule has 208 valence electrons. The molecule has 2 atom stereocenters. The van der Waals surface area contributed by atoms with Crippen molar-refractivity contribution in [2.45, 2.75) is 45.3 Å². The van der Waals surface area contributed by atoms with Crippen LogP contribution in [0.5, 0.6) is 0 Å². The topological polar surface area (TPSA) is 86.8 Å². The third kappa shape index (κ3) is 8.90. The van der Waals surface area contributed by atoms with Gasteiger partial charge in [0.2, 0.25) is 21.8 Å². The summed E-state index contributed by atoms with van der Waals surface area (Å²) in [5.41, 5.74) is 1.75. The molecule has 7 nitrogen and oxygen atoms in total. The summed E-state index contributed by atoms with van der Waals surface area (Å²) in [6, 6.07) is 20.5. The molecule has 10 heteroatoms. The lowest BCUT2D eigenvalue weighted by Gasteiger charge is -2.34. The van der Waals surface area contributed by atoms with Gasteiger partial charge < -0.3 is 10.2 Å². The SMILES string of the molecule is CC[C@H](C)NC(=O)[C@@H](Cc1ccccc1)N(Cc1ccc(F)cc1)C(=O)CN(c1cccc(Br)c1)S(C)(=O)=O. The second-order valence-corrected chi connectivity index (χ2v) is 12.2. The Balaban J connectivity index is 2.05. The molecule has 0 aliphatic carbocycles. The number of carbonyl (C=O) groups is 2. The molecule has 39 heavy (non-hydrogen) atoms. The van der Waals surface area contributed by atoms with Gasteiger partial charge in [0.25, 0.3) is 0 Å². The molecule has 0 aliphatic rings. The van der Waals surface area contributed by atoms with Crippen molar-refractivity contribution in [1.82, 2.24) is 10.2 Å². The number of anilines is 1. The lowest BCUT2D eigenvalue weighted by atomic mass is 10.0. The van der Waals surface area contributed by atoms with Crippen LogP contribution in [0.15, 0.2) is 83.3 Å². The average Bonchev–Trinajstić information content (AvgIpc) is 2.90. The zero-order valence-electron chi connectivity index (χ0n) is 22.2. The quantitative estimate of drug-likeness (QED) is 0.313. The van der Waals surface area contributed by atoms with Crippen molar-refractivity contribution in [3.8, 4) is 0 Å². The molecule has 0 radical (unpaired) electrons. The molecule has 0 aliphatic heterocycles. The Morgan fingerprint density at radius 3 is 2.23 bits per heavy atom. The molecular weight excluding hydrogens is 585 g/mol. The monoisotopic (exact) mass is 617 g/mol. The summed E-state index contributed by atoms with van der Waals surface area (Å²) in [6.07, 6.45) is 1.94. The third-order valence-electron chi connectivity index (χ3n) is 6.31. The highest BCUT2D eigenvalue weighted by Gasteiger charge is 2.33. The predicted octanol–water partition coefficient (Wildman–Crippen LogP) is 4.91. The highest BCUT2D eigenvalue weighted by molar-refractivity contribution is 9.10. The molecule has 0 aromatic heterocycles. The molecule has 0 heterocycles. The van der Waals surface area contributed by atoms with Gasteiger partial charge in [-0.25, -0.2) is 12.8 Å². The van der Waals surface area contributed by atoms with Crippen LogP contribution in [0.1, 0.15) is 31.4 Å². The summed E-state index contributed by atoms with van der Waals surface area (Å²) in [5, 5.41) is 2.97. The van der Waals surface area contributed by atoms with Crippen LogP contribution < -0.4 is 9.62 Å². The van der Waals surface area contributed by atoms with Gasteiger partial charge in [-0.3, -0.25) is 13.9 Å². The molecule has 0 saturated carbocycles. The summed E-state index contributed by atoms with van der Waals surface area (Å²) in [6.45, 7) is 3.29. The minimum atomic E-state index is -3.85. The molecule has 0 saturated heterocycles. The number of nitrogens with zero attached hydrogens (tertiary/aromatic N) is 2. The number of halogens is 2. The van der Waals surface area contributed by atoms with Gasteiger partial charge in [-0.05, 0) is 54.8 Å². The van der Waals surface area contributed by atoms with Crippen LogP contribution in [-0.2, 0) is 32.6 Å². The molecule has 0 fully saturated rings. The van der Waals surface area contributed by atoms with E-state index in [0.717, 1.165) is 16.1 Å². The highest BCUT2D eigenvalue weighted by Crippen LogP contribution is 2.23. The number of hydrogen-bond donors (Lipinski definition) is 1. The van der Waals surface area contributed by atoms with Gasteiger partial charge in [-0.1, -0.05) is 71.4 Å². The fourth-order valence-corrected chi connectivity index (χ4v) is 5.26. The summed E-state index contributed by atoms with van der Waals surface area (Å²) >= 11 is 3.35. The summed E-state index contributed by atoms with van der Waals surface area (Å²) in [7, 11) is -3.85. The minimum absolute atomic E-state index is 0.0133. The molecule has 1 N–H and O–H groups in total. The zero-order valence-corrected chi connectivity index (χ0v) is 24.6. The molecule has 2 amide bonds. The first-order valence-corrected chi connectivity index (χ1v) is 15.2. The number of amides is 2. The Bertz CT molecular complexity index is 1370. The summed E-state index contributed by atoms with van der Waals surface area (Å²) in [5.74, 6) is -1.34. The number of carbonyl (C=O) groups excluding carboxylic acids is 2. The fourth-order valence-electron chi connectivity index (χ4n) is 4.03. The number of rotatable bonds is 12. The summed E-state index contributed by atoms with van der Waals surface area (Å²) < 4.78 is 40.9. The van der Waals surface area contributed by atoms with Gasteiger partial charge in [-0.2, -0.15) is 0 Å². The maximum Gasteiger partial charge on any atom is 0.244 e. The van der Waals surface area contributed by atoms with E-state index in [0.29, 0.717) is 22.1 Å². The van der Waals surface area contributed by atoms with Crippen molar-refractivity contribution < 1.29 is 22.4 Å². The van der Waals surface area contributed by atoms with E-state index in [1.807, 2.05) is 44.2 Å². The van der Waals surface area contributed by atoms with Crippen molar-refractivity contribution in [2.75, 3.05) is 17.1 Å². The van der Waals surface area contributed by atoms with Gasteiger partial charge in [0, 0.05) is 23.5 Å². The van der Waals surface area contributed by atoms with E-state index in [1.165, 1.54) is 17.0 Å². The third-order valence-corrected chi connectivity index (χ3v) is 7.95. The Morgan fingerprint density at radius 2 is 1.64 bits per heavy atom. The molecule has 0 unspecified atom stereocenters. The first-order chi connectivity index (χ1) is 18.5. The second-order valence-electron chi connectivity index (χ2n) is 9.42. The van der Waals surface area contributed by atoms with Crippen LogP contribution in [0.3, 0.4) is 0 Å². The van der Waals surface area contributed by atoms with Crippen LogP contribution in [0.2, 0.25) is 0 Å². The van der Waals surface area contributed by atoms with Crippen LogP contribution in [-0.4, -0.2) is 50.0 Å². The highest BCUT2D eigenvalue weighted by atomic mass is 79.9. The van der Waals surface area contributed by atoms with Crippen LogP contribution in [0.25, 0.3) is 0 Å². The van der Waals surface area contributed by atoms with Crippen molar-refractivity contribution in [3.63, 3.8) is 0 Å². The average molecular weight is 619 g/mol. The van der Waals surface area contributed by atoms with E-state index in [1.54, 1.807) is 36.4 Å². The Labute approximate surface area is 238 Å². The van der Waals surface area contributed by atoms with Crippen molar-refractivity contribution in [2.24, 2.45) is 0 Å². The largest absolute Gasteiger partial charge is 0.352 e. The first kappa shape index (κ1) is 30.3. The van der Waals surface area contributed by atoms with E-state index < -0.39 is 34.3 Å². The van der Waals surface area contributed by atoms with E-state index in [-0.39, 0.29) is 24.9 Å². The van der Waals surface area contributed by atoms with Crippen LogP contribution in [0.4, 0.5) is 10.1 Å². The zero-order chi connectivity index (χ0) is 28.6. The van der Waals surface area contributed by atoms with Gasteiger partial charge in [0.15, 0.2) is 0 Å². The molecule has 0 spiro atoms. The second kappa shape index (κ2) is 13.7. The number of hydrogen-bond acceptors (Lipinski definition) is 4. The van der Waals surface area contributed by atoms with Gasteiger partial charge in [0.05, 0.1) is 11.9 Å². The lowest BCUT2D eigenvalue weighted by molar-refractivity contribution is -0.140. The lowest BCUT2D eigenvalue weighted by Crippen LogP contribution is -2.54. The van der Waals surface area contributed by atoms with Crippen molar-refractivity contribution in [3.05, 3.63) is 100 Å². The molecular formula is C29H33BrFN3O4S. The van der Waals surface area contributed by atoms with Crippen molar-refractivity contribution in [1.29, 1.82) is 0 Å². The number of nitrogens with one attached hydrogen (secondary N) is 1.